The van der Waals surface area contributed by atoms with Crippen LogP contribution in [-0.4, -0.2) is 24.4 Å². The fraction of sp³-hybridized carbons (Fsp3) is 1.00. The standard InChI is InChI=1S/C7H16N2O.HI/c1-7-4-2-3-5-9(7)10-6-8;/h7H,2-6,8H2,1H3;1H. The largest absolute Gasteiger partial charge is 1.00 e. The molecule has 1 aliphatic heterocycles. The number of nitrogens with zero attached hydrogens (tertiary/aromatic N) is 1. The van der Waals surface area contributed by atoms with E-state index < -0.39 is 0 Å². The lowest BCUT2D eigenvalue weighted by Gasteiger charge is -2.30. The van der Waals surface area contributed by atoms with Gasteiger partial charge in [0.15, 0.2) is 6.73 Å². The Labute approximate surface area is 85.2 Å². The maximum atomic E-state index is 5.32. The number of halogens is 1. The van der Waals surface area contributed by atoms with Crippen LogP contribution in [0, 0.1) is 0 Å². The quantitative estimate of drug-likeness (QED) is 0.430. The van der Waals surface area contributed by atoms with E-state index in [2.05, 4.69) is 17.7 Å². The number of quaternary nitrogens is 1. The van der Waals surface area contributed by atoms with Gasteiger partial charge in [-0.2, -0.15) is 5.06 Å². The van der Waals surface area contributed by atoms with Crippen LogP contribution >= 0.6 is 0 Å². The van der Waals surface area contributed by atoms with Gasteiger partial charge >= 0.3 is 0 Å². The van der Waals surface area contributed by atoms with Gasteiger partial charge in [0, 0.05) is 12.6 Å². The molecule has 3 N–H and O–H groups in total. The summed E-state index contributed by atoms with van der Waals surface area (Å²) in [4.78, 5) is 5.32. The van der Waals surface area contributed by atoms with Gasteiger partial charge < -0.3 is 29.7 Å². The molecule has 0 bridgehead atoms. The summed E-state index contributed by atoms with van der Waals surface area (Å²) in [5, 5.41) is 2.05. The first-order chi connectivity index (χ1) is 4.84. The molecule has 0 spiro atoms. The maximum absolute atomic E-state index is 5.32. The molecule has 4 heteroatoms. The number of hydroxylamine groups is 2. The van der Waals surface area contributed by atoms with Gasteiger partial charge in [0.25, 0.3) is 0 Å². The van der Waals surface area contributed by atoms with Crippen molar-refractivity contribution in [3.8, 4) is 0 Å². The third kappa shape index (κ3) is 3.68. The molecule has 1 aliphatic rings. The summed E-state index contributed by atoms with van der Waals surface area (Å²) >= 11 is 0. The Morgan fingerprint density at radius 1 is 1.55 bits per heavy atom. The van der Waals surface area contributed by atoms with Gasteiger partial charge in [-0.15, -0.1) is 0 Å². The van der Waals surface area contributed by atoms with E-state index in [0.717, 1.165) is 6.54 Å². The molecule has 0 aromatic rings. The second-order valence-electron chi connectivity index (χ2n) is 2.82. The van der Waals surface area contributed by atoms with Crippen LogP contribution in [-0.2, 0) is 4.84 Å². The van der Waals surface area contributed by atoms with Gasteiger partial charge in [-0.1, -0.05) is 6.42 Å². The Hall–Kier alpha value is 0.610. The topological polar surface area (TPSA) is 40.1 Å². The SMILES string of the molecule is CC1CCCCN1OC[NH3+].[I-]. The number of hydrogen-bond acceptors (Lipinski definition) is 2. The van der Waals surface area contributed by atoms with E-state index in [9.17, 15) is 0 Å². The molecule has 0 saturated carbocycles. The van der Waals surface area contributed by atoms with Gasteiger partial charge in [-0.05, 0) is 19.8 Å². The first kappa shape index (κ1) is 11.6. The summed E-state index contributed by atoms with van der Waals surface area (Å²) in [7, 11) is 0. The van der Waals surface area contributed by atoms with Crippen LogP contribution in [0.5, 0.6) is 0 Å². The van der Waals surface area contributed by atoms with Crippen molar-refractivity contribution >= 4 is 0 Å². The molecule has 0 aliphatic carbocycles. The molecule has 0 radical (unpaired) electrons. The highest BCUT2D eigenvalue weighted by Gasteiger charge is 2.18. The molecule has 1 saturated heterocycles. The number of hydrogen-bond donors (Lipinski definition) is 1. The molecule has 1 heterocycles. The summed E-state index contributed by atoms with van der Waals surface area (Å²) < 4.78 is 0. The average molecular weight is 272 g/mol. The van der Waals surface area contributed by atoms with E-state index in [4.69, 9.17) is 4.84 Å². The van der Waals surface area contributed by atoms with Crippen molar-refractivity contribution in [2.45, 2.75) is 32.2 Å². The molecule has 3 nitrogen and oxygen atoms in total. The number of rotatable bonds is 2. The highest BCUT2D eigenvalue weighted by molar-refractivity contribution is 4.65. The molecule has 1 rings (SSSR count). The van der Waals surface area contributed by atoms with Crippen LogP contribution in [0.15, 0.2) is 0 Å². The minimum atomic E-state index is 0. The van der Waals surface area contributed by atoms with Gasteiger partial charge in [-0.3, -0.25) is 0 Å². The molecule has 1 atom stereocenters. The summed E-state index contributed by atoms with van der Waals surface area (Å²) in [5.41, 5.74) is 3.65. The van der Waals surface area contributed by atoms with Crippen LogP contribution < -0.4 is 29.7 Å². The summed E-state index contributed by atoms with van der Waals surface area (Å²) in [6, 6.07) is 0.593. The number of piperidine rings is 1. The van der Waals surface area contributed by atoms with Crippen molar-refractivity contribution < 1.29 is 34.5 Å². The maximum Gasteiger partial charge on any atom is 0.197 e. The molecular formula is C7H17IN2O. The van der Waals surface area contributed by atoms with Crippen LogP contribution in [0.25, 0.3) is 0 Å². The van der Waals surface area contributed by atoms with Crippen LogP contribution in [0.2, 0.25) is 0 Å². The Balaban J connectivity index is 0.000001000. The predicted molar refractivity (Wildman–Crippen MR) is 38.9 cm³/mol. The molecule has 0 amide bonds. The molecule has 11 heavy (non-hydrogen) atoms. The van der Waals surface area contributed by atoms with Crippen molar-refractivity contribution in [1.82, 2.24) is 5.06 Å². The molecular weight excluding hydrogens is 255 g/mol. The lowest BCUT2D eigenvalue weighted by molar-refractivity contribution is -0.471. The van der Waals surface area contributed by atoms with Crippen molar-refractivity contribution in [1.29, 1.82) is 0 Å². The van der Waals surface area contributed by atoms with E-state index in [-0.39, 0.29) is 24.0 Å². The van der Waals surface area contributed by atoms with Gasteiger partial charge in [0.1, 0.15) is 0 Å². The average Bonchev–Trinajstić information content (AvgIpc) is 1.94. The summed E-state index contributed by atoms with van der Waals surface area (Å²) in [5.74, 6) is 0. The van der Waals surface area contributed by atoms with Crippen molar-refractivity contribution in [3.05, 3.63) is 0 Å². The molecule has 0 aromatic heterocycles. The summed E-state index contributed by atoms with van der Waals surface area (Å²) in [6.45, 7) is 3.84. The van der Waals surface area contributed by atoms with E-state index in [1.807, 2.05) is 0 Å². The molecule has 68 valence electrons. The van der Waals surface area contributed by atoms with E-state index in [0.29, 0.717) is 12.8 Å². The lowest BCUT2D eigenvalue weighted by Crippen LogP contribution is -3.00. The molecule has 1 fully saturated rings. The van der Waals surface area contributed by atoms with Crippen LogP contribution in [0.3, 0.4) is 0 Å². The Bertz CT molecular complexity index is 100. The van der Waals surface area contributed by atoms with Gasteiger partial charge in [0.2, 0.25) is 0 Å². The third-order valence-corrected chi connectivity index (χ3v) is 2.00. The first-order valence-corrected chi connectivity index (χ1v) is 4.03. The summed E-state index contributed by atoms with van der Waals surface area (Å²) in [6.07, 6.45) is 3.88. The fourth-order valence-electron chi connectivity index (χ4n) is 1.38. The molecule has 0 aromatic carbocycles. The zero-order chi connectivity index (χ0) is 7.40. The normalized spacial score (nSPS) is 26.2. The lowest BCUT2D eigenvalue weighted by atomic mass is 10.1. The minimum absolute atomic E-state index is 0. The second-order valence-corrected chi connectivity index (χ2v) is 2.82. The van der Waals surface area contributed by atoms with Crippen LogP contribution in [0.4, 0.5) is 0 Å². The smallest absolute Gasteiger partial charge is 0.197 e. The highest BCUT2D eigenvalue weighted by Crippen LogP contribution is 2.15. The van der Waals surface area contributed by atoms with Gasteiger partial charge in [-0.25, -0.2) is 4.84 Å². The third-order valence-electron chi connectivity index (χ3n) is 2.00. The Morgan fingerprint density at radius 3 is 2.82 bits per heavy atom. The zero-order valence-electron chi connectivity index (χ0n) is 7.05. The Kier molecular flexibility index (Phi) is 6.50. The Morgan fingerprint density at radius 2 is 2.27 bits per heavy atom. The minimum Gasteiger partial charge on any atom is -1.00 e. The van der Waals surface area contributed by atoms with Crippen molar-refractivity contribution in [3.63, 3.8) is 0 Å². The van der Waals surface area contributed by atoms with E-state index in [1.54, 1.807) is 0 Å². The van der Waals surface area contributed by atoms with Crippen molar-refractivity contribution in [2.75, 3.05) is 13.3 Å². The molecule has 1 unspecified atom stereocenters. The van der Waals surface area contributed by atoms with Gasteiger partial charge in [0.05, 0.1) is 0 Å². The van der Waals surface area contributed by atoms with E-state index >= 15 is 0 Å². The zero-order valence-corrected chi connectivity index (χ0v) is 9.21. The second kappa shape index (κ2) is 6.16. The fourth-order valence-corrected chi connectivity index (χ4v) is 1.38. The highest BCUT2D eigenvalue weighted by atomic mass is 127. The predicted octanol–water partition coefficient (Wildman–Crippen LogP) is -3.00. The monoisotopic (exact) mass is 272 g/mol. The van der Waals surface area contributed by atoms with Crippen molar-refractivity contribution in [2.24, 2.45) is 0 Å². The van der Waals surface area contributed by atoms with E-state index in [1.165, 1.54) is 19.3 Å². The van der Waals surface area contributed by atoms with Crippen LogP contribution in [0.1, 0.15) is 26.2 Å². The first-order valence-electron chi connectivity index (χ1n) is 4.03.